The Kier molecular flexibility index (Phi) is 4.57. The van der Waals surface area contributed by atoms with Crippen molar-refractivity contribution >= 4 is 0 Å². The zero-order chi connectivity index (χ0) is 14.7. The molecule has 6 nitrogen and oxygen atoms in total. The van der Waals surface area contributed by atoms with E-state index < -0.39 is 0 Å². The number of aromatic nitrogens is 1. The quantitative estimate of drug-likeness (QED) is 0.812. The number of likely N-dealkylation sites (tertiary alicyclic amines) is 1. The molecule has 6 heteroatoms. The molecule has 1 saturated heterocycles. The predicted molar refractivity (Wildman–Crippen MR) is 76.3 cm³/mol. The smallest absolute Gasteiger partial charge is 0.179 e. The van der Waals surface area contributed by atoms with Gasteiger partial charge in [-0.3, -0.25) is 9.88 Å². The van der Waals surface area contributed by atoms with E-state index in [1.54, 1.807) is 6.20 Å². The molecule has 116 valence electrons. The fourth-order valence-corrected chi connectivity index (χ4v) is 3.17. The zero-order valence-corrected chi connectivity index (χ0v) is 12.1. The molecule has 0 aliphatic carbocycles. The summed E-state index contributed by atoms with van der Waals surface area (Å²) in [5.41, 5.74) is 0.945. The standard InChI is InChI=1S/C15H22N2O4/c18-2-1-11-7-17(8-12(11)10-19)9-13-5-14-15(6-16-13)21-4-3-20-14/h5-6,11-12,18-19H,1-4,7-10H2. The van der Waals surface area contributed by atoms with Gasteiger partial charge in [-0.2, -0.15) is 0 Å². The van der Waals surface area contributed by atoms with E-state index in [9.17, 15) is 5.11 Å². The van der Waals surface area contributed by atoms with Crippen molar-refractivity contribution in [3.63, 3.8) is 0 Å². The van der Waals surface area contributed by atoms with Crippen molar-refractivity contribution in [1.82, 2.24) is 9.88 Å². The molecule has 0 radical (unpaired) electrons. The van der Waals surface area contributed by atoms with Crippen LogP contribution in [0.2, 0.25) is 0 Å². The van der Waals surface area contributed by atoms with Crippen LogP contribution >= 0.6 is 0 Å². The van der Waals surface area contributed by atoms with Crippen LogP contribution in [0.3, 0.4) is 0 Å². The molecule has 3 heterocycles. The van der Waals surface area contributed by atoms with Gasteiger partial charge in [0.05, 0.1) is 11.9 Å². The number of hydrogen-bond donors (Lipinski definition) is 2. The van der Waals surface area contributed by atoms with Crippen LogP contribution in [-0.4, -0.2) is 59.6 Å². The SMILES string of the molecule is OCCC1CN(Cc2cc3c(cn2)OCCO3)CC1CO. The summed E-state index contributed by atoms with van der Waals surface area (Å²) in [6, 6.07) is 1.93. The average molecular weight is 294 g/mol. The highest BCUT2D eigenvalue weighted by Crippen LogP contribution is 2.31. The molecule has 3 rings (SSSR count). The number of aliphatic hydroxyl groups is 2. The number of hydrogen-bond acceptors (Lipinski definition) is 6. The Balaban J connectivity index is 1.64. The number of aliphatic hydroxyl groups excluding tert-OH is 2. The number of ether oxygens (including phenoxy) is 2. The number of nitrogens with zero attached hydrogens (tertiary/aromatic N) is 2. The van der Waals surface area contributed by atoms with Crippen molar-refractivity contribution in [2.45, 2.75) is 13.0 Å². The van der Waals surface area contributed by atoms with Crippen molar-refractivity contribution in [1.29, 1.82) is 0 Å². The lowest BCUT2D eigenvalue weighted by atomic mass is 9.94. The van der Waals surface area contributed by atoms with Crippen molar-refractivity contribution in [2.24, 2.45) is 11.8 Å². The van der Waals surface area contributed by atoms with Gasteiger partial charge in [0.15, 0.2) is 11.5 Å². The molecular weight excluding hydrogens is 272 g/mol. The minimum absolute atomic E-state index is 0.176. The Morgan fingerprint density at radius 1 is 1.14 bits per heavy atom. The van der Waals surface area contributed by atoms with Crippen molar-refractivity contribution < 1.29 is 19.7 Å². The number of fused-ring (bicyclic) bond motifs is 1. The van der Waals surface area contributed by atoms with Gasteiger partial charge in [-0.05, 0) is 18.3 Å². The van der Waals surface area contributed by atoms with Gasteiger partial charge in [0.25, 0.3) is 0 Å². The second kappa shape index (κ2) is 6.60. The van der Waals surface area contributed by atoms with Gasteiger partial charge in [0.2, 0.25) is 0 Å². The summed E-state index contributed by atoms with van der Waals surface area (Å²) in [7, 11) is 0. The highest BCUT2D eigenvalue weighted by Gasteiger charge is 2.31. The lowest BCUT2D eigenvalue weighted by molar-refractivity contribution is 0.170. The van der Waals surface area contributed by atoms with E-state index in [1.807, 2.05) is 6.07 Å². The predicted octanol–water partition coefficient (Wildman–Crippen LogP) is 0.276. The monoisotopic (exact) mass is 294 g/mol. The highest BCUT2D eigenvalue weighted by atomic mass is 16.6. The molecule has 2 unspecified atom stereocenters. The molecule has 0 spiro atoms. The molecule has 1 aromatic rings. The number of rotatable bonds is 5. The Bertz CT molecular complexity index is 483. The molecule has 1 aromatic heterocycles. The van der Waals surface area contributed by atoms with Gasteiger partial charge >= 0.3 is 0 Å². The molecule has 2 atom stereocenters. The molecular formula is C15H22N2O4. The molecule has 0 aromatic carbocycles. The summed E-state index contributed by atoms with van der Waals surface area (Å²) in [5, 5.41) is 18.6. The van der Waals surface area contributed by atoms with E-state index in [0.717, 1.165) is 37.5 Å². The van der Waals surface area contributed by atoms with Crippen LogP contribution in [0, 0.1) is 11.8 Å². The molecule has 2 aliphatic rings. The largest absolute Gasteiger partial charge is 0.486 e. The van der Waals surface area contributed by atoms with Crippen molar-refractivity contribution in [3.8, 4) is 11.5 Å². The molecule has 1 fully saturated rings. The molecule has 0 saturated carbocycles. The van der Waals surface area contributed by atoms with Gasteiger partial charge in [0.1, 0.15) is 13.2 Å². The maximum atomic E-state index is 9.44. The van der Waals surface area contributed by atoms with Gasteiger partial charge in [0, 0.05) is 38.9 Å². The van der Waals surface area contributed by atoms with E-state index in [-0.39, 0.29) is 19.1 Å². The zero-order valence-electron chi connectivity index (χ0n) is 12.1. The van der Waals surface area contributed by atoms with E-state index >= 15 is 0 Å². The van der Waals surface area contributed by atoms with Gasteiger partial charge in [-0.1, -0.05) is 0 Å². The minimum atomic E-state index is 0.176. The molecule has 0 amide bonds. The van der Waals surface area contributed by atoms with Crippen LogP contribution in [0.1, 0.15) is 12.1 Å². The van der Waals surface area contributed by atoms with Crippen LogP contribution in [0.25, 0.3) is 0 Å². The first kappa shape index (κ1) is 14.6. The third-order valence-corrected chi connectivity index (χ3v) is 4.26. The summed E-state index contributed by atoms with van der Waals surface area (Å²) in [6.45, 7) is 3.97. The molecule has 21 heavy (non-hydrogen) atoms. The Labute approximate surface area is 124 Å². The Hall–Kier alpha value is -1.37. The first-order valence-corrected chi connectivity index (χ1v) is 7.48. The maximum absolute atomic E-state index is 9.44. The second-order valence-electron chi connectivity index (χ2n) is 5.73. The second-order valence-corrected chi connectivity index (χ2v) is 5.73. The lowest BCUT2D eigenvalue weighted by Crippen LogP contribution is -2.22. The van der Waals surface area contributed by atoms with Gasteiger partial charge in [-0.25, -0.2) is 0 Å². The van der Waals surface area contributed by atoms with Crippen LogP contribution < -0.4 is 9.47 Å². The fraction of sp³-hybridized carbons (Fsp3) is 0.667. The minimum Gasteiger partial charge on any atom is -0.486 e. The van der Waals surface area contributed by atoms with Gasteiger partial charge in [-0.15, -0.1) is 0 Å². The van der Waals surface area contributed by atoms with Crippen LogP contribution in [0.5, 0.6) is 11.5 Å². The average Bonchev–Trinajstić information content (AvgIpc) is 2.89. The fourth-order valence-electron chi connectivity index (χ4n) is 3.17. The summed E-state index contributed by atoms with van der Waals surface area (Å²) in [6.07, 6.45) is 2.46. The third kappa shape index (κ3) is 3.28. The topological polar surface area (TPSA) is 75.1 Å². The maximum Gasteiger partial charge on any atom is 0.179 e. The lowest BCUT2D eigenvalue weighted by Gasteiger charge is -2.20. The summed E-state index contributed by atoms with van der Waals surface area (Å²) in [5.74, 6) is 2.07. The van der Waals surface area contributed by atoms with Crippen LogP contribution in [0.4, 0.5) is 0 Å². The summed E-state index contributed by atoms with van der Waals surface area (Å²) >= 11 is 0. The van der Waals surface area contributed by atoms with E-state index in [2.05, 4.69) is 9.88 Å². The first-order valence-electron chi connectivity index (χ1n) is 7.48. The molecule has 2 aliphatic heterocycles. The normalized spacial score (nSPS) is 25.2. The van der Waals surface area contributed by atoms with E-state index in [1.165, 1.54) is 0 Å². The van der Waals surface area contributed by atoms with Crippen LogP contribution in [-0.2, 0) is 6.54 Å². The summed E-state index contributed by atoms with van der Waals surface area (Å²) in [4.78, 5) is 6.70. The Morgan fingerprint density at radius 3 is 2.67 bits per heavy atom. The van der Waals surface area contributed by atoms with E-state index in [4.69, 9.17) is 14.6 Å². The van der Waals surface area contributed by atoms with E-state index in [0.29, 0.717) is 24.9 Å². The van der Waals surface area contributed by atoms with Crippen molar-refractivity contribution in [2.75, 3.05) is 39.5 Å². The van der Waals surface area contributed by atoms with Gasteiger partial charge < -0.3 is 19.7 Å². The number of pyridine rings is 1. The Morgan fingerprint density at radius 2 is 1.90 bits per heavy atom. The first-order chi connectivity index (χ1) is 10.3. The highest BCUT2D eigenvalue weighted by molar-refractivity contribution is 5.39. The van der Waals surface area contributed by atoms with Crippen LogP contribution in [0.15, 0.2) is 12.3 Å². The third-order valence-electron chi connectivity index (χ3n) is 4.26. The molecule has 2 N–H and O–H groups in total. The molecule has 0 bridgehead atoms. The summed E-state index contributed by atoms with van der Waals surface area (Å²) < 4.78 is 11.0. The van der Waals surface area contributed by atoms with Crippen molar-refractivity contribution in [3.05, 3.63) is 18.0 Å².